The molecule has 0 aliphatic carbocycles. The molecule has 4 heteroatoms. The summed E-state index contributed by atoms with van der Waals surface area (Å²) in [5.74, 6) is 0.207. The molecule has 3 nitrogen and oxygen atoms in total. The van der Waals surface area contributed by atoms with Crippen molar-refractivity contribution in [2.75, 3.05) is 5.32 Å². The first kappa shape index (κ1) is 14.5. The van der Waals surface area contributed by atoms with Gasteiger partial charge in [0.1, 0.15) is 0 Å². The summed E-state index contributed by atoms with van der Waals surface area (Å²) in [4.78, 5) is 12.4. The number of halogens is 1. The van der Waals surface area contributed by atoms with Crippen molar-refractivity contribution < 1.29 is 9.53 Å². The van der Waals surface area contributed by atoms with E-state index in [1.54, 1.807) is 0 Å². The Labute approximate surface area is 122 Å². The first-order chi connectivity index (χ1) is 8.90. The SMILES string of the molecule is Cc1cc(Br)ccc1NC(=O)C1C(C)OC(C)C1C. The number of anilines is 1. The summed E-state index contributed by atoms with van der Waals surface area (Å²) < 4.78 is 6.74. The summed E-state index contributed by atoms with van der Waals surface area (Å²) >= 11 is 3.42. The maximum atomic E-state index is 12.4. The predicted octanol–water partition coefficient (Wildman–Crippen LogP) is 3.76. The highest BCUT2D eigenvalue weighted by atomic mass is 79.9. The topological polar surface area (TPSA) is 38.3 Å². The second kappa shape index (κ2) is 5.63. The number of amides is 1. The van der Waals surface area contributed by atoms with Crippen LogP contribution in [0, 0.1) is 18.8 Å². The number of carbonyl (C=O) groups excluding carboxylic acids is 1. The second-order valence-corrected chi connectivity index (χ2v) is 6.30. The minimum atomic E-state index is -0.0851. The van der Waals surface area contributed by atoms with Gasteiger partial charge in [-0.25, -0.2) is 0 Å². The number of aryl methyl sites for hydroxylation is 1. The molecule has 0 bridgehead atoms. The Morgan fingerprint density at radius 2 is 1.95 bits per heavy atom. The lowest BCUT2D eigenvalue weighted by Crippen LogP contribution is -2.32. The Hall–Kier alpha value is -0.870. The molecular weight excluding hydrogens is 306 g/mol. The van der Waals surface area contributed by atoms with Crippen molar-refractivity contribution in [2.45, 2.75) is 39.9 Å². The van der Waals surface area contributed by atoms with Gasteiger partial charge in [-0.05, 0) is 50.5 Å². The van der Waals surface area contributed by atoms with Crippen molar-refractivity contribution in [1.82, 2.24) is 0 Å². The van der Waals surface area contributed by atoms with Crippen LogP contribution < -0.4 is 5.32 Å². The molecule has 19 heavy (non-hydrogen) atoms. The van der Waals surface area contributed by atoms with Gasteiger partial charge in [-0.15, -0.1) is 0 Å². The molecule has 0 saturated carbocycles. The fourth-order valence-corrected chi connectivity index (χ4v) is 3.18. The first-order valence-corrected chi connectivity index (χ1v) is 7.42. The van der Waals surface area contributed by atoms with Gasteiger partial charge in [-0.3, -0.25) is 4.79 Å². The minimum Gasteiger partial charge on any atom is -0.374 e. The Morgan fingerprint density at radius 3 is 2.47 bits per heavy atom. The number of ether oxygens (including phenoxy) is 1. The Bertz CT molecular complexity index is 489. The van der Waals surface area contributed by atoms with Crippen molar-refractivity contribution in [2.24, 2.45) is 11.8 Å². The van der Waals surface area contributed by atoms with E-state index in [2.05, 4.69) is 28.2 Å². The van der Waals surface area contributed by atoms with Crippen molar-refractivity contribution in [3.05, 3.63) is 28.2 Å². The number of benzene rings is 1. The van der Waals surface area contributed by atoms with E-state index in [1.165, 1.54) is 0 Å². The number of nitrogens with one attached hydrogen (secondary N) is 1. The van der Waals surface area contributed by atoms with Crippen LogP contribution in [0.5, 0.6) is 0 Å². The van der Waals surface area contributed by atoms with Crippen molar-refractivity contribution in [3.63, 3.8) is 0 Å². The molecule has 0 radical (unpaired) electrons. The average Bonchev–Trinajstić information content (AvgIpc) is 2.57. The summed E-state index contributed by atoms with van der Waals surface area (Å²) in [7, 11) is 0. The highest BCUT2D eigenvalue weighted by molar-refractivity contribution is 9.10. The quantitative estimate of drug-likeness (QED) is 0.899. The molecule has 1 N–H and O–H groups in total. The van der Waals surface area contributed by atoms with Crippen LogP contribution in [0.25, 0.3) is 0 Å². The van der Waals surface area contributed by atoms with Crippen LogP contribution in [-0.2, 0) is 9.53 Å². The summed E-state index contributed by atoms with van der Waals surface area (Å²) in [6.07, 6.45) is 0.109. The minimum absolute atomic E-state index is 0.0271. The van der Waals surface area contributed by atoms with E-state index < -0.39 is 0 Å². The van der Waals surface area contributed by atoms with E-state index in [4.69, 9.17) is 4.74 Å². The molecule has 1 fully saturated rings. The Balaban J connectivity index is 2.13. The molecule has 1 aliphatic heterocycles. The summed E-state index contributed by atoms with van der Waals surface area (Å²) in [5, 5.41) is 3.02. The lowest BCUT2D eigenvalue weighted by atomic mass is 9.88. The van der Waals surface area contributed by atoms with E-state index in [9.17, 15) is 4.79 Å². The third kappa shape index (κ3) is 3.00. The molecule has 0 spiro atoms. The van der Waals surface area contributed by atoms with Gasteiger partial charge in [-0.1, -0.05) is 22.9 Å². The monoisotopic (exact) mass is 325 g/mol. The zero-order valence-corrected chi connectivity index (χ0v) is 13.3. The first-order valence-electron chi connectivity index (χ1n) is 6.62. The summed E-state index contributed by atoms with van der Waals surface area (Å²) in [5.41, 5.74) is 1.92. The molecule has 4 atom stereocenters. The van der Waals surface area contributed by atoms with Crippen LogP contribution in [-0.4, -0.2) is 18.1 Å². The van der Waals surface area contributed by atoms with Crippen LogP contribution in [0.2, 0.25) is 0 Å². The van der Waals surface area contributed by atoms with Crippen LogP contribution in [0.15, 0.2) is 22.7 Å². The van der Waals surface area contributed by atoms with Crippen molar-refractivity contribution >= 4 is 27.5 Å². The Kier molecular flexibility index (Phi) is 4.31. The van der Waals surface area contributed by atoms with E-state index in [0.717, 1.165) is 15.7 Å². The molecule has 1 saturated heterocycles. The summed E-state index contributed by atoms with van der Waals surface area (Å²) in [6.45, 7) is 8.06. The van der Waals surface area contributed by atoms with Crippen LogP contribution in [0.1, 0.15) is 26.3 Å². The molecule has 1 aromatic rings. The lowest BCUT2D eigenvalue weighted by molar-refractivity contribution is -0.121. The largest absolute Gasteiger partial charge is 0.374 e. The number of rotatable bonds is 2. The van der Waals surface area contributed by atoms with Gasteiger partial charge in [0, 0.05) is 10.2 Å². The molecule has 4 unspecified atom stereocenters. The average molecular weight is 326 g/mol. The molecule has 0 aromatic heterocycles. The van der Waals surface area contributed by atoms with E-state index >= 15 is 0 Å². The zero-order chi connectivity index (χ0) is 14.2. The number of carbonyl (C=O) groups is 1. The van der Waals surface area contributed by atoms with Crippen LogP contribution in [0.3, 0.4) is 0 Å². The maximum absolute atomic E-state index is 12.4. The van der Waals surface area contributed by atoms with E-state index in [-0.39, 0.29) is 30.0 Å². The van der Waals surface area contributed by atoms with Gasteiger partial charge in [0.25, 0.3) is 0 Å². The van der Waals surface area contributed by atoms with Gasteiger partial charge in [0.2, 0.25) is 5.91 Å². The normalized spacial score (nSPS) is 30.4. The third-order valence-electron chi connectivity index (χ3n) is 3.99. The molecular formula is C15H20BrNO2. The van der Waals surface area contributed by atoms with Crippen molar-refractivity contribution in [3.8, 4) is 0 Å². The van der Waals surface area contributed by atoms with Gasteiger partial charge < -0.3 is 10.1 Å². The summed E-state index contributed by atoms with van der Waals surface area (Å²) in [6, 6.07) is 5.85. The molecule has 1 heterocycles. The highest BCUT2D eigenvalue weighted by Gasteiger charge is 2.41. The van der Waals surface area contributed by atoms with Crippen LogP contribution >= 0.6 is 15.9 Å². The molecule has 1 amide bonds. The highest BCUT2D eigenvalue weighted by Crippen LogP contribution is 2.33. The second-order valence-electron chi connectivity index (χ2n) is 5.38. The van der Waals surface area contributed by atoms with Crippen LogP contribution in [0.4, 0.5) is 5.69 Å². The fourth-order valence-electron chi connectivity index (χ4n) is 2.70. The van der Waals surface area contributed by atoms with E-state index in [0.29, 0.717) is 0 Å². The third-order valence-corrected chi connectivity index (χ3v) is 4.48. The van der Waals surface area contributed by atoms with Gasteiger partial charge >= 0.3 is 0 Å². The molecule has 1 aromatic carbocycles. The lowest BCUT2D eigenvalue weighted by Gasteiger charge is -2.18. The van der Waals surface area contributed by atoms with Gasteiger partial charge in [-0.2, -0.15) is 0 Å². The number of hydrogen-bond acceptors (Lipinski definition) is 2. The maximum Gasteiger partial charge on any atom is 0.230 e. The fraction of sp³-hybridized carbons (Fsp3) is 0.533. The van der Waals surface area contributed by atoms with E-state index in [1.807, 2.05) is 39.0 Å². The Morgan fingerprint density at radius 1 is 1.26 bits per heavy atom. The predicted molar refractivity (Wildman–Crippen MR) is 80.2 cm³/mol. The van der Waals surface area contributed by atoms with Crippen molar-refractivity contribution in [1.29, 1.82) is 0 Å². The smallest absolute Gasteiger partial charge is 0.230 e. The van der Waals surface area contributed by atoms with Gasteiger partial charge in [0.05, 0.1) is 18.1 Å². The van der Waals surface area contributed by atoms with Gasteiger partial charge in [0.15, 0.2) is 0 Å². The standard InChI is InChI=1S/C15H20BrNO2/c1-8-7-12(16)5-6-13(8)17-15(18)14-9(2)10(3)19-11(14)4/h5-7,9-11,14H,1-4H3,(H,17,18). The zero-order valence-electron chi connectivity index (χ0n) is 11.7. The molecule has 104 valence electrons. The number of hydrogen-bond donors (Lipinski definition) is 1. The molecule has 2 rings (SSSR count). The molecule has 1 aliphatic rings.